The maximum absolute atomic E-state index is 14.2. The Morgan fingerprint density at radius 1 is 0.957 bits per heavy atom. The number of para-hydroxylation sites is 1. The van der Waals surface area contributed by atoms with Gasteiger partial charge in [0, 0.05) is 16.3 Å². The normalized spacial score (nSPS) is 14.3. The third-order valence-electron chi connectivity index (χ3n) is 7.59. The third-order valence-corrected chi connectivity index (χ3v) is 9.22. The average Bonchev–Trinajstić information content (AvgIpc) is 3.37. The fourth-order valence-electron chi connectivity index (χ4n) is 5.34. The quantitative estimate of drug-likeness (QED) is 0.185. The van der Waals surface area contributed by atoms with Crippen LogP contribution in [0, 0.1) is 0 Å². The molecule has 0 spiro atoms. The molecule has 6 rings (SSSR count). The molecule has 1 aromatic heterocycles. The monoisotopic (exact) mass is 685 g/mol. The number of allylic oxidation sites excluding steroid dienone is 1. The number of benzene rings is 4. The second-order valence-corrected chi connectivity index (χ2v) is 12.4. The molecule has 0 saturated carbocycles. The van der Waals surface area contributed by atoms with Crippen LogP contribution in [0.15, 0.2) is 112 Å². The number of rotatable bonds is 9. The van der Waals surface area contributed by atoms with Gasteiger partial charge in [0.1, 0.15) is 12.4 Å². The van der Waals surface area contributed by atoms with Gasteiger partial charge in [-0.15, -0.1) is 0 Å². The van der Waals surface area contributed by atoms with Gasteiger partial charge in [-0.25, -0.2) is 4.99 Å². The predicted molar refractivity (Wildman–Crippen MR) is 186 cm³/mol. The summed E-state index contributed by atoms with van der Waals surface area (Å²) in [7, 11) is 3.09. The number of aromatic nitrogens is 1. The molecule has 0 unspecified atom stereocenters. The Balaban J connectivity index is 1.42. The molecule has 4 aromatic carbocycles. The first-order chi connectivity index (χ1) is 22.8. The highest BCUT2D eigenvalue weighted by molar-refractivity contribution is 7.07. The van der Waals surface area contributed by atoms with Gasteiger partial charge in [0.25, 0.3) is 11.5 Å². The molecule has 2 heterocycles. The Morgan fingerprint density at radius 3 is 2.47 bits per heavy atom. The number of thiazole rings is 1. The van der Waals surface area contributed by atoms with Crippen LogP contribution in [0.3, 0.4) is 0 Å². The lowest BCUT2D eigenvalue weighted by molar-refractivity contribution is -0.113. The lowest BCUT2D eigenvalue weighted by Gasteiger charge is -2.25. The Morgan fingerprint density at radius 2 is 1.72 bits per heavy atom. The molecular formula is C36H29Cl2N3O5S. The van der Waals surface area contributed by atoms with Crippen LogP contribution in [0.25, 0.3) is 6.08 Å². The highest BCUT2D eigenvalue weighted by Crippen LogP contribution is 2.38. The van der Waals surface area contributed by atoms with E-state index in [4.69, 9.17) is 42.4 Å². The second kappa shape index (κ2) is 13.9. The van der Waals surface area contributed by atoms with E-state index in [1.807, 2.05) is 60.7 Å². The molecule has 1 N–H and O–H groups in total. The summed E-state index contributed by atoms with van der Waals surface area (Å²) in [6.07, 6.45) is 1.72. The molecule has 1 atom stereocenters. The van der Waals surface area contributed by atoms with Gasteiger partial charge in [0.2, 0.25) is 0 Å². The molecule has 0 radical (unpaired) electrons. The number of hydrogen-bond donors (Lipinski definition) is 1. The van der Waals surface area contributed by atoms with Gasteiger partial charge in [-0.1, -0.05) is 83.1 Å². The zero-order chi connectivity index (χ0) is 33.1. The summed E-state index contributed by atoms with van der Waals surface area (Å²) in [6.45, 7) is 1.97. The highest BCUT2D eigenvalue weighted by Gasteiger charge is 2.33. The molecule has 0 fully saturated rings. The summed E-state index contributed by atoms with van der Waals surface area (Å²) in [6, 6.07) is 26.5. The van der Waals surface area contributed by atoms with Crippen LogP contribution in [0.5, 0.6) is 17.2 Å². The minimum absolute atomic E-state index is 0.192. The molecule has 0 aliphatic carbocycles. The van der Waals surface area contributed by atoms with Gasteiger partial charge < -0.3 is 19.5 Å². The number of carbonyl (C=O) groups is 1. The number of halogens is 2. The number of methoxy groups -OCH3 is 2. The zero-order valence-corrected chi connectivity index (χ0v) is 28.0. The minimum Gasteiger partial charge on any atom is -0.497 e. The molecule has 1 amide bonds. The number of nitrogens with one attached hydrogen (secondary N) is 1. The highest BCUT2D eigenvalue weighted by atomic mass is 35.5. The van der Waals surface area contributed by atoms with Gasteiger partial charge >= 0.3 is 0 Å². The van der Waals surface area contributed by atoms with Crippen molar-refractivity contribution in [1.82, 2.24) is 4.57 Å². The van der Waals surface area contributed by atoms with Crippen molar-refractivity contribution in [2.45, 2.75) is 19.6 Å². The molecule has 5 aromatic rings. The van der Waals surface area contributed by atoms with Gasteiger partial charge in [-0.05, 0) is 66.6 Å². The van der Waals surface area contributed by atoms with E-state index in [0.717, 1.165) is 5.56 Å². The zero-order valence-electron chi connectivity index (χ0n) is 25.6. The van der Waals surface area contributed by atoms with Gasteiger partial charge in [-0.3, -0.25) is 14.2 Å². The molecule has 0 bridgehead atoms. The third kappa shape index (κ3) is 6.69. The smallest absolute Gasteiger partial charge is 0.271 e. The second-order valence-electron chi connectivity index (χ2n) is 10.6. The molecular weight excluding hydrogens is 657 g/mol. The van der Waals surface area contributed by atoms with Crippen LogP contribution < -0.4 is 34.4 Å². The number of fused-ring (bicyclic) bond motifs is 1. The predicted octanol–water partition coefficient (Wildman–Crippen LogP) is 6.78. The first kappa shape index (κ1) is 32.1. The van der Waals surface area contributed by atoms with Crippen molar-refractivity contribution in [2.24, 2.45) is 4.99 Å². The standard InChI is InChI=1S/C36H29Cl2N3O5S/c1-21-31(34(42)40-25-12-5-4-6-13-25)32(23-11-9-14-26(19-23)44-2)41-35(43)30(47-36(41)39-21)18-22-16-28(38)33(29(17-22)45-3)46-20-24-10-7-8-15-27(24)37/h4-19,32H,20H2,1-3H3,(H,40,42)/b30-18-/t32-/m0/s1. The van der Waals surface area contributed by atoms with Gasteiger partial charge in [-0.2, -0.15) is 0 Å². The number of amides is 1. The Labute approximate surface area is 284 Å². The molecule has 1 aliphatic rings. The Bertz CT molecular complexity index is 2190. The van der Waals surface area contributed by atoms with Crippen LogP contribution in [0.4, 0.5) is 5.69 Å². The fraction of sp³-hybridized carbons (Fsp3) is 0.139. The van der Waals surface area contributed by atoms with Gasteiger partial charge in [0.05, 0.1) is 41.1 Å². The van der Waals surface area contributed by atoms with E-state index in [1.54, 1.807) is 55.0 Å². The first-order valence-electron chi connectivity index (χ1n) is 14.5. The maximum Gasteiger partial charge on any atom is 0.271 e. The van der Waals surface area contributed by atoms with Crippen molar-refractivity contribution in [3.8, 4) is 17.2 Å². The van der Waals surface area contributed by atoms with Crippen LogP contribution in [-0.2, 0) is 11.4 Å². The van der Waals surface area contributed by atoms with Crippen molar-refractivity contribution < 1.29 is 19.0 Å². The summed E-state index contributed by atoms with van der Waals surface area (Å²) in [5.41, 5.74) is 3.30. The van der Waals surface area contributed by atoms with Crippen molar-refractivity contribution in [1.29, 1.82) is 0 Å². The lowest BCUT2D eigenvalue weighted by atomic mass is 9.95. The van der Waals surface area contributed by atoms with Crippen molar-refractivity contribution in [3.05, 3.63) is 149 Å². The van der Waals surface area contributed by atoms with Crippen molar-refractivity contribution in [2.75, 3.05) is 19.5 Å². The summed E-state index contributed by atoms with van der Waals surface area (Å²) < 4.78 is 19.1. The molecule has 8 nitrogen and oxygen atoms in total. The molecule has 0 saturated heterocycles. The van der Waals surface area contributed by atoms with E-state index >= 15 is 0 Å². The maximum atomic E-state index is 14.2. The van der Waals surface area contributed by atoms with E-state index in [-0.39, 0.29) is 18.1 Å². The molecule has 1 aliphatic heterocycles. The number of ether oxygens (including phenoxy) is 3. The molecule has 11 heteroatoms. The number of anilines is 1. The summed E-state index contributed by atoms with van der Waals surface area (Å²) in [4.78, 5) is 33.2. The van der Waals surface area contributed by atoms with Crippen molar-refractivity contribution >= 4 is 52.2 Å². The van der Waals surface area contributed by atoms with E-state index in [2.05, 4.69) is 5.32 Å². The van der Waals surface area contributed by atoms with Gasteiger partial charge in [0.15, 0.2) is 16.3 Å². The number of carbonyl (C=O) groups excluding carboxylic acids is 1. The largest absolute Gasteiger partial charge is 0.497 e. The summed E-state index contributed by atoms with van der Waals surface area (Å²) >= 11 is 14.2. The topological polar surface area (TPSA) is 91.2 Å². The Kier molecular flexibility index (Phi) is 9.49. The van der Waals surface area contributed by atoms with Crippen molar-refractivity contribution in [3.63, 3.8) is 0 Å². The van der Waals surface area contributed by atoms with E-state index in [1.165, 1.54) is 18.4 Å². The van der Waals surface area contributed by atoms with Crippen LogP contribution in [0.1, 0.15) is 29.7 Å². The summed E-state index contributed by atoms with van der Waals surface area (Å²) in [5.74, 6) is 0.994. The fourth-order valence-corrected chi connectivity index (χ4v) is 6.85. The first-order valence-corrected chi connectivity index (χ1v) is 16.1. The molecule has 47 heavy (non-hydrogen) atoms. The molecule has 238 valence electrons. The summed E-state index contributed by atoms with van der Waals surface area (Å²) in [5, 5.41) is 3.85. The van der Waals surface area contributed by atoms with E-state index in [9.17, 15) is 9.59 Å². The average molecular weight is 687 g/mol. The minimum atomic E-state index is -0.758. The Hall–Kier alpha value is -4.83. The lowest BCUT2D eigenvalue weighted by Crippen LogP contribution is -2.40. The number of nitrogens with zero attached hydrogens (tertiary/aromatic N) is 2. The van der Waals surface area contributed by atoms with E-state index in [0.29, 0.717) is 64.7 Å². The van der Waals surface area contributed by atoms with Crippen LogP contribution in [0.2, 0.25) is 10.0 Å². The SMILES string of the molecule is COc1cccc([C@H]2C(C(=O)Nc3ccccc3)=C(C)N=c3s/c(=C\c4cc(Cl)c(OCc5ccccc5Cl)c(OC)c4)c(=O)n32)c1. The number of hydrogen-bond acceptors (Lipinski definition) is 7. The van der Waals surface area contributed by atoms with Crippen LogP contribution in [-0.4, -0.2) is 24.7 Å². The van der Waals surface area contributed by atoms with Crippen LogP contribution >= 0.6 is 34.5 Å². The van der Waals surface area contributed by atoms with E-state index < -0.39 is 6.04 Å².